The SMILES string of the molecule is [2H]c1cc2ccccc2n1C. The van der Waals surface area contributed by atoms with Crippen LogP contribution in [0, 0.1) is 0 Å². The van der Waals surface area contributed by atoms with Gasteiger partial charge in [0.1, 0.15) is 0 Å². The molecule has 1 heterocycles. The molecule has 1 heteroatoms. The Morgan fingerprint density at radius 3 is 2.90 bits per heavy atom. The molecule has 50 valence electrons. The summed E-state index contributed by atoms with van der Waals surface area (Å²) in [5.74, 6) is 0. The van der Waals surface area contributed by atoms with Crippen molar-refractivity contribution in [1.29, 1.82) is 0 Å². The number of aryl methyl sites for hydroxylation is 1. The highest BCUT2D eigenvalue weighted by Gasteiger charge is 1.92. The second-order valence-electron chi connectivity index (χ2n) is 2.39. The minimum absolute atomic E-state index is 0.561. The Kier molecular flexibility index (Phi) is 0.853. The fraction of sp³-hybridized carbons (Fsp3) is 0.111. The third-order valence-electron chi connectivity index (χ3n) is 1.71. The van der Waals surface area contributed by atoms with Crippen LogP contribution in [0.15, 0.2) is 36.5 Å². The molecule has 2 rings (SSSR count). The van der Waals surface area contributed by atoms with E-state index in [0.717, 1.165) is 10.9 Å². The number of hydrogen-bond acceptors (Lipinski definition) is 0. The highest BCUT2D eigenvalue weighted by molar-refractivity contribution is 5.79. The van der Waals surface area contributed by atoms with Crippen LogP contribution in [0.5, 0.6) is 0 Å². The number of aromatic nitrogens is 1. The minimum Gasteiger partial charge on any atom is -0.351 e. The van der Waals surface area contributed by atoms with Crippen LogP contribution in [0.25, 0.3) is 10.9 Å². The number of hydrogen-bond donors (Lipinski definition) is 0. The van der Waals surface area contributed by atoms with E-state index in [4.69, 9.17) is 1.37 Å². The number of fused-ring (bicyclic) bond motifs is 1. The molecule has 0 atom stereocenters. The van der Waals surface area contributed by atoms with Gasteiger partial charge in [-0.3, -0.25) is 0 Å². The van der Waals surface area contributed by atoms with Crippen LogP contribution in [0.1, 0.15) is 1.37 Å². The summed E-state index contributed by atoms with van der Waals surface area (Å²) in [6, 6.07) is 9.89. The number of rotatable bonds is 0. The summed E-state index contributed by atoms with van der Waals surface area (Å²) in [4.78, 5) is 0. The van der Waals surface area contributed by atoms with Gasteiger partial charge in [0, 0.05) is 18.7 Å². The summed E-state index contributed by atoms with van der Waals surface area (Å²) in [6.07, 6.45) is 0.561. The average molecular weight is 132 g/mol. The summed E-state index contributed by atoms with van der Waals surface area (Å²) in [7, 11) is 1.91. The number of nitrogens with zero attached hydrogens (tertiary/aromatic N) is 1. The van der Waals surface area contributed by atoms with Crippen LogP contribution in [0.3, 0.4) is 0 Å². The van der Waals surface area contributed by atoms with Gasteiger partial charge in [-0.15, -0.1) is 0 Å². The first-order chi connectivity index (χ1) is 5.29. The lowest BCUT2D eigenvalue weighted by molar-refractivity contribution is 0.969. The van der Waals surface area contributed by atoms with Crippen LogP contribution in [0.2, 0.25) is 0 Å². The van der Waals surface area contributed by atoms with E-state index in [0.29, 0.717) is 6.17 Å². The van der Waals surface area contributed by atoms with E-state index in [1.165, 1.54) is 0 Å². The van der Waals surface area contributed by atoms with Gasteiger partial charge in [0.05, 0.1) is 1.37 Å². The Labute approximate surface area is 61.3 Å². The van der Waals surface area contributed by atoms with Crippen LogP contribution in [-0.2, 0) is 7.05 Å². The van der Waals surface area contributed by atoms with Crippen molar-refractivity contribution in [3.8, 4) is 0 Å². The standard InChI is InChI=1S/C9H9N/c1-10-7-6-8-4-2-3-5-9(8)10/h2-7H,1H3/i7D. The average Bonchev–Trinajstić information content (AvgIpc) is 2.30. The lowest BCUT2D eigenvalue weighted by atomic mass is 10.2. The molecule has 0 amide bonds. The van der Waals surface area contributed by atoms with E-state index in [2.05, 4.69) is 0 Å². The molecule has 0 bridgehead atoms. The first kappa shape index (κ1) is 4.56. The van der Waals surface area contributed by atoms with Gasteiger partial charge in [0.2, 0.25) is 0 Å². The molecular formula is C9H9N. The first-order valence-electron chi connectivity index (χ1n) is 3.80. The number of para-hydroxylation sites is 1. The van der Waals surface area contributed by atoms with E-state index >= 15 is 0 Å². The lowest BCUT2D eigenvalue weighted by Crippen LogP contribution is -1.81. The Balaban J connectivity index is 2.92. The maximum atomic E-state index is 7.51. The molecule has 0 fully saturated rings. The fourth-order valence-electron chi connectivity index (χ4n) is 1.15. The zero-order valence-corrected chi connectivity index (χ0v) is 5.83. The van der Waals surface area contributed by atoms with E-state index in [1.807, 2.05) is 41.9 Å². The Morgan fingerprint density at radius 2 is 2.10 bits per heavy atom. The first-order valence-corrected chi connectivity index (χ1v) is 3.30. The topological polar surface area (TPSA) is 4.93 Å². The Hall–Kier alpha value is -1.24. The van der Waals surface area contributed by atoms with Crippen LogP contribution < -0.4 is 0 Å². The third kappa shape index (κ3) is 0.637. The van der Waals surface area contributed by atoms with Gasteiger partial charge in [-0.2, -0.15) is 0 Å². The van der Waals surface area contributed by atoms with Gasteiger partial charge in [-0.05, 0) is 17.5 Å². The summed E-state index contributed by atoms with van der Waals surface area (Å²) >= 11 is 0. The summed E-state index contributed by atoms with van der Waals surface area (Å²) in [5, 5.41) is 1.14. The van der Waals surface area contributed by atoms with Crippen molar-refractivity contribution in [3.63, 3.8) is 0 Å². The number of benzene rings is 1. The molecular weight excluding hydrogens is 122 g/mol. The van der Waals surface area contributed by atoms with Gasteiger partial charge < -0.3 is 4.57 Å². The molecule has 2 aromatic rings. The normalized spacial score (nSPS) is 11.9. The summed E-state index contributed by atoms with van der Waals surface area (Å²) < 4.78 is 9.38. The summed E-state index contributed by atoms with van der Waals surface area (Å²) in [6.45, 7) is 0. The van der Waals surface area contributed by atoms with Crippen molar-refractivity contribution >= 4 is 10.9 Å². The zero-order chi connectivity index (χ0) is 7.84. The highest BCUT2D eigenvalue weighted by atomic mass is 14.9. The van der Waals surface area contributed by atoms with Crippen molar-refractivity contribution in [1.82, 2.24) is 4.57 Å². The van der Waals surface area contributed by atoms with Crippen LogP contribution in [-0.4, -0.2) is 4.57 Å². The second-order valence-corrected chi connectivity index (χ2v) is 2.39. The van der Waals surface area contributed by atoms with E-state index in [-0.39, 0.29) is 0 Å². The molecule has 0 N–H and O–H groups in total. The maximum absolute atomic E-state index is 7.51. The predicted octanol–water partition coefficient (Wildman–Crippen LogP) is 2.18. The van der Waals surface area contributed by atoms with Gasteiger partial charge in [-0.25, -0.2) is 0 Å². The minimum atomic E-state index is 0.561. The highest BCUT2D eigenvalue weighted by Crippen LogP contribution is 2.12. The van der Waals surface area contributed by atoms with Crippen LogP contribution >= 0.6 is 0 Å². The molecule has 0 aliphatic carbocycles. The smallest absolute Gasteiger partial charge is 0.0818 e. The largest absolute Gasteiger partial charge is 0.351 e. The second kappa shape index (κ2) is 1.87. The molecule has 0 saturated carbocycles. The fourth-order valence-corrected chi connectivity index (χ4v) is 1.15. The van der Waals surface area contributed by atoms with Gasteiger partial charge in [-0.1, -0.05) is 18.2 Å². The molecule has 0 spiro atoms. The van der Waals surface area contributed by atoms with Gasteiger partial charge in [0.25, 0.3) is 0 Å². The van der Waals surface area contributed by atoms with E-state index in [9.17, 15) is 0 Å². The van der Waals surface area contributed by atoms with Gasteiger partial charge in [0.15, 0.2) is 0 Å². The zero-order valence-electron chi connectivity index (χ0n) is 6.83. The molecule has 1 nitrogen and oxygen atoms in total. The summed E-state index contributed by atoms with van der Waals surface area (Å²) in [5.41, 5.74) is 1.12. The molecule has 0 aliphatic rings. The van der Waals surface area contributed by atoms with Crippen molar-refractivity contribution in [2.24, 2.45) is 7.05 Å². The molecule has 0 unspecified atom stereocenters. The van der Waals surface area contributed by atoms with E-state index < -0.39 is 0 Å². The predicted molar refractivity (Wildman–Crippen MR) is 42.9 cm³/mol. The van der Waals surface area contributed by atoms with Crippen molar-refractivity contribution < 1.29 is 1.37 Å². The molecule has 10 heavy (non-hydrogen) atoms. The van der Waals surface area contributed by atoms with Crippen molar-refractivity contribution in [2.45, 2.75) is 0 Å². The molecule has 1 aromatic heterocycles. The molecule has 0 aliphatic heterocycles. The Bertz CT molecular complexity index is 389. The lowest BCUT2D eigenvalue weighted by Gasteiger charge is -1.92. The Morgan fingerprint density at radius 1 is 1.30 bits per heavy atom. The molecule has 1 aromatic carbocycles. The van der Waals surface area contributed by atoms with Crippen molar-refractivity contribution in [3.05, 3.63) is 36.5 Å². The third-order valence-corrected chi connectivity index (χ3v) is 1.71. The quantitative estimate of drug-likeness (QED) is 0.517. The van der Waals surface area contributed by atoms with Gasteiger partial charge >= 0.3 is 0 Å². The van der Waals surface area contributed by atoms with Crippen molar-refractivity contribution in [2.75, 3.05) is 0 Å². The van der Waals surface area contributed by atoms with E-state index in [1.54, 1.807) is 0 Å². The maximum Gasteiger partial charge on any atom is 0.0818 e. The molecule has 0 saturated heterocycles. The molecule has 0 radical (unpaired) electrons. The monoisotopic (exact) mass is 132 g/mol. The van der Waals surface area contributed by atoms with Crippen LogP contribution in [0.4, 0.5) is 0 Å².